The fraction of sp³-hybridized carbons (Fsp3) is 0.0909. The van der Waals surface area contributed by atoms with E-state index in [0.29, 0.717) is 5.82 Å². The van der Waals surface area contributed by atoms with E-state index < -0.39 is 0 Å². The molecular weight excluding hydrogens is 218 g/mol. The second-order valence-electron chi connectivity index (χ2n) is 3.38. The Balaban J connectivity index is 2.01. The smallest absolute Gasteiger partial charge is 0.249 e. The Bertz CT molecular complexity index is 533. The van der Waals surface area contributed by atoms with Gasteiger partial charge in [-0.25, -0.2) is 0 Å². The van der Waals surface area contributed by atoms with Crippen molar-refractivity contribution in [2.24, 2.45) is 0 Å². The Hall–Kier alpha value is -2.50. The zero-order valence-electron chi connectivity index (χ0n) is 9.21. The number of hydrogen-bond acceptors (Lipinski definition) is 4. The number of aromatic amines is 1. The number of carbonyl (C=O) groups is 1. The van der Waals surface area contributed by atoms with Crippen molar-refractivity contribution in [1.82, 2.24) is 20.4 Å². The predicted octanol–water partition coefficient (Wildman–Crippen LogP) is 1.16. The highest BCUT2D eigenvalue weighted by Gasteiger charge is 2.00. The molecular formula is C11H11N5O. The van der Waals surface area contributed by atoms with Crippen LogP contribution in [0.4, 0.5) is 5.82 Å². The first-order valence-electron chi connectivity index (χ1n) is 5.02. The highest BCUT2D eigenvalue weighted by Crippen LogP contribution is 2.05. The van der Waals surface area contributed by atoms with Crippen molar-refractivity contribution in [2.45, 2.75) is 6.92 Å². The van der Waals surface area contributed by atoms with E-state index in [4.69, 9.17) is 0 Å². The summed E-state index contributed by atoms with van der Waals surface area (Å²) < 4.78 is 0. The second kappa shape index (κ2) is 5.02. The van der Waals surface area contributed by atoms with Gasteiger partial charge in [-0.3, -0.25) is 9.78 Å². The highest BCUT2D eigenvalue weighted by molar-refractivity contribution is 6.01. The predicted molar refractivity (Wildman–Crippen MR) is 63.0 cm³/mol. The quantitative estimate of drug-likeness (QED) is 0.773. The van der Waals surface area contributed by atoms with Crippen LogP contribution in [0.3, 0.4) is 0 Å². The third kappa shape index (κ3) is 2.97. The molecule has 0 fully saturated rings. The molecule has 0 saturated heterocycles. The molecule has 0 aliphatic heterocycles. The lowest BCUT2D eigenvalue weighted by molar-refractivity contribution is -0.111. The van der Waals surface area contributed by atoms with Gasteiger partial charge in [-0.2, -0.15) is 10.3 Å². The van der Waals surface area contributed by atoms with Crippen molar-refractivity contribution in [3.8, 4) is 0 Å². The maximum atomic E-state index is 11.5. The number of pyridine rings is 1. The van der Waals surface area contributed by atoms with Crippen molar-refractivity contribution < 1.29 is 4.79 Å². The van der Waals surface area contributed by atoms with Crippen LogP contribution in [-0.4, -0.2) is 26.3 Å². The van der Waals surface area contributed by atoms with Gasteiger partial charge in [0.25, 0.3) is 0 Å². The van der Waals surface area contributed by atoms with Crippen molar-refractivity contribution in [3.05, 3.63) is 41.9 Å². The summed E-state index contributed by atoms with van der Waals surface area (Å²) in [6, 6.07) is 3.78. The number of anilines is 1. The van der Waals surface area contributed by atoms with Crippen molar-refractivity contribution in [1.29, 1.82) is 0 Å². The number of nitrogens with one attached hydrogen (secondary N) is 2. The Kier molecular flexibility index (Phi) is 3.25. The molecule has 0 radical (unpaired) electrons. The number of amides is 1. The van der Waals surface area contributed by atoms with E-state index in [9.17, 15) is 4.79 Å². The molecule has 2 aromatic heterocycles. The van der Waals surface area contributed by atoms with Gasteiger partial charge < -0.3 is 5.32 Å². The lowest BCUT2D eigenvalue weighted by Crippen LogP contribution is -2.08. The first-order chi connectivity index (χ1) is 8.25. The summed E-state index contributed by atoms with van der Waals surface area (Å²) in [5.74, 6) is 0.112. The van der Waals surface area contributed by atoms with Gasteiger partial charge in [-0.05, 0) is 24.6 Å². The average Bonchev–Trinajstić information content (AvgIpc) is 2.81. The molecule has 0 saturated carbocycles. The van der Waals surface area contributed by atoms with E-state index >= 15 is 0 Å². The summed E-state index contributed by atoms with van der Waals surface area (Å²) in [6.45, 7) is 1.93. The molecule has 1 amide bonds. The SMILES string of the molecule is Cc1cccnc1/C=C/C(=O)Nc1cn[nH]n1. The molecule has 6 heteroatoms. The zero-order chi connectivity index (χ0) is 12.1. The number of hydrogen-bond donors (Lipinski definition) is 2. The van der Waals surface area contributed by atoms with Crippen LogP contribution in [-0.2, 0) is 4.79 Å². The summed E-state index contributed by atoms with van der Waals surface area (Å²) >= 11 is 0. The molecule has 2 heterocycles. The second-order valence-corrected chi connectivity index (χ2v) is 3.38. The molecule has 2 aromatic rings. The van der Waals surface area contributed by atoms with Crippen LogP contribution in [0.15, 0.2) is 30.6 Å². The van der Waals surface area contributed by atoms with Crippen molar-refractivity contribution in [2.75, 3.05) is 5.32 Å². The Morgan fingerprint density at radius 3 is 3.12 bits per heavy atom. The largest absolute Gasteiger partial charge is 0.304 e. The number of carbonyl (C=O) groups excluding carboxylic acids is 1. The van der Waals surface area contributed by atoms with Gasteiger partial charge in [0, 0.05) is 12.3 Å². The molecule has 2 N–H and O–H groups in total. The van der Waals surface area contributed by atoms with E-state index in [1.54, 1.807) is 12.3 Å². The Morgan fingerprint density at radius 1 is 1.53 bits per heavy atom. The zero-order valence-corrected chi connectivity index (χ0v) is 9.21. The number of H-pyrrole nitrogens is 1. The van der Waals surface area contributed by atoms with E-state index in [-0.39, 0.29) is 5.91 Å². The van der Waals surface area contributed by atoms with Gasteiger partial charge in [0.05, 0.1) is 11.9 Å². The van der Waals surface area contributed by atoms with Gasteiger partial charge >= 0.3 is 0 Å². The lowest BCUT2D eigenvalue weighted by Gasteiger charge is -1.97. The Morgan fingerprint density at radius 2 is 2.41 bits per heavy atom. The molecule has 0 spiro atoms. The molecule has 86 valence electrons. The lowest BCUT2D eigenvalue weighted by atomic mass is 10.2. The van der Waals surface area contributed by atoms with Crippen LogP contribution in [0.2, 0.25) is 0 Å². The normalized spacial score (nSPS) is 10.6. The van der Waals surface area contributed by atoms with Crippen LogP contribution in [0.5, 0.6) is 0 Å². The minimum absolute atomic E-state index is 0.274. The maximum absolute atomic E-state index is 11.5. The number of aromatic nitrogens is 4. The molecule has 0 unspecified atom stereocenters. The van der Waals surface area contributed by atoms with E-state index in [0.717, 1.165) is 11.3 Å². The van der Waals surface area contributed by atoms with E-state index in [1.165, 1.54) is 12.3 Å². The van der Waals surface area contributed by atoms with Crippen molar-refractivity contribution >= 4 is 17.8 Å². The molecule has 0 aliphatic carbocycles. The standard InChI is InChI=1S/C11H11N5O/c1-8-3-2-6-12-9(8)4-5-11(17)14-10-7-13-16-15-10/h2-7H,1H3,(H2,13,14,15,16,17)/b5-4+. The van der Waals surface area contributed by atoms with Gasteiger partial charge in [-0.15, -0.1) is 5.10 Å². The molecule has 0 aliphatic rings. The molecule has 2 rings (SSSR count). The van der Waals surface area contributed by atoms with Gasteiger partial charge in [-0.1, -0.05) is 6.07 Å². The fourth-order valence-corrected chi connectivity index (χ4v) is 1.26. The summed E-state index contributed by atoms with van der Waals surface area (Å²) in [5.41, 5.74) is 1.78. The van der Waals surface area contributed by atoms with Crippen LogP contribution in [0, 0.1) is 6.92 Å². The summed E-state index contributed by atoms with van der Waals surface area (Å²) in [4.78, 5) is 15.6. The maximum Gasteiger partial charge on any atom is 0.249 e. The summed E-state index contributed by atoms with van der Waals surface area (Å²) in [5, 5.41) is 12.3. The highest BCUT2D eigenvalue weighted by atomic mass is 16.1. The first-order valence-corrected chi connectivity index (χ1v) is 5.02. The number of nitrogens with zero attached hydrogens (tertiary/aromatic N) is 3. The van der Waals surface area contributed by atoms with Crippen LogP contribution >= 0.6 is 0 Å². The third-order valence-corrected chi connectivity index (χ3v) is 2.11. The summed E-state index contributed by atoms with van der Waals surface area (Å²) in [7, 11) is 0. The average molecular weight is 229 g/mol. The summed E-state index contributed by atoms with van der Waals surface area (Å²) in [6.07, 6.45) is 6.18. The monoisotopic (exact) mass is 229 g/mol. The Labute approximate surface area is 97.8 Å². The van der Waals surface area contributed by atoms with Gasteiger partial charge in [0.15, 0.2) is 5.82 Å². The fourth-order valence-electron chi connectivity index (χ4n) is 1.26. The minimum Gasteiger partial charge on any atom is -0.304 e. The molecule has 17 heavy (non-hydrogen) atoms. The molecule has 0 atom stereocenters. The van der Waals surface area contributed by atoms with Gasteiger partial charge in [0.2, 0.25) is 5.91 Å². The molecule has 6 nitrogen and oxygen atoms in total. The van der Waals surface area contributed by atoms with E-state index in [2.05, 4.69) is 25.7 Å². The van der Waals surface area contributed by atoms with Crippen LogP contribution in [0.1, 0.15) is 11.3 Å². The van der Waals surface area contributed by atoms with E-state index in [1.807, 2.05) is 19.1 Å². The van der Waals surface area contributed by atoms with Crippen LogP contribution < -0.4 is 5.32 Å². The molecule has 0 aromatic carbocycles. The number of aryl methyl sites for hydroxylation is 1. The van der Waals surface area contributed by atoms with Gasteiger partial charge in [0.1, 0.15) is 0 Å². The molecule has 0 bridgehead atoms. The van der Waals surface area contributed by atoms with Crippen molar-refractivity contribution in [3.63, 3.8) is 0 Å². The topological polar surface area (TPSA) is 83.6 Å². The van der Waals surface area contributed by atoms with Crippen LogP contribution in [0.25, 0.3) is 6.08 Å². The first kappa shape index (κ1) is 11.0. The third-order valence-electron chi connectivity index (χ3n) is 2.11. The number of rotatable bonds is 3. The minimum atomic E-state index is -0.274.